The van der Waals surface area contributed by atoms with E-state index in [0.717, 1.165) is 11.3 Å². The zero-order valence-electron chi connectivity index (χ0n) is 14.9. The van der Waals surface area contributed by atoms with E-state index >= 15 is 0 Å². The number of β-lactam (4-membered cyclic amide) rings is 1. The second kappa shape index (κ2) is 7.03. The van der Waals surface area contributed by atoms with E-state index in [1.165, 1.54) is 12.1 Å². The zero-order valence-corrected chi connectivity index (χ0v) is 14.9. The predicted molar refractivity (Wildman–Crippen MR) is 103 cm³/mol. The molecule has 0 saturated carbocycles. The topological polar surface area (TPSA) is 85.8 Å². The summed E-state index contributed by atoms with van der Waals surface area (Å²) in [4.78, 5) is 24.8. The molecule has 7 heteroatoms. The lowest BCUT2D eigenvalue weighted by Gasteiger charge is -2.43. The molecule has 1 amide bonds. The summed E-state index contributed by atoms with van der Waals surface area (Å²) in [6.07, 6.45) is 1.56. The van der Waals surface area contributed by atoms with Gasteiger partial charge in [-0.2, -0.15) is 0 Å². The van der Waals surface area contributed by atoms with Crippen LogP contribution in [0.15, 0.2) is 76.7 Å². The van der Waals surface area contributed by atoms with Crippen molar-refractivity contribution in [3.05, 3.63) is 93.7 Å². The molecular formula is C21H16N2O5. The van der Waals surface area contributed by atoms with E-state index in [4.69, 9.17) is 9.15 Å². The van der Waals surface area contributed by atoms with Gasteiger partial charge in [0.2, 0.25) is 0 Å². The third-order valence-electron chi connectivity index (χ3n) is 4.57. The fourth-order valence-corrected chi connectivity index (χ4v) is 3.23. The standard InChI is InChI=1S/C21H16N2O5/c1-27-16-9-7-15(8-10-16)22-20(14-5-3-2-4-6-14)18(21(22)24)13-17-11-12-19(28-17)23(25)26/h2-13,20H,1H3/b18-13-. The highest BCUT2D eigenvalue weighted by molar-refractivity contribution is 6.17. The highest BCUT2D eigenvalue weighted by Gasteiger charge is 2.44. The largest absolute Gasteiger partial charge is 0.497 e. The van der Waals surface area contributed by atoms with Crippen LogP contribution in [0.5, 0.6) is 5.75 Å². The second-order valence-corrected chi connectivity index (χ2v) is 6.22. The van der Waals surface area contributed by atoms with Gasteiger partial charge in [0.1, 0.15) is 16.4 Å². The lowest BCUT2D eigenvalue weighted by atomic mass is 9.86. The number of rotatable bonds is 5. The lowest BCUT2D eigenvalue weighted by Crippen LogP contribution is -2.49. The first-order chi connectivity index (χ1) is 13.6. The van der Waals surface area contributed by atoms with Gasteiger partial charge in [-0.05, 0) is 42.0 Å². The minimum atomic E-state index is -0.608. The number of amides is 1. The van der Waals surface area contributed by atoms with Crippen LogP contribution in [0.4, 0.5) is 11.6 Å². The Morgan fingerprint density at radius 2 is 1.79 bits per heavy atom. The predicted octanol–water partition coefficient (Wildman–Crippen LogP) is 4.37. The minimum absolute atomic E-state index is 0.182. The van der Waals surface area contributed by atoms with Crippen LogP contribution in [0.2, 0.25) is 0 Å². The van der Waals surface area contributed by atoms with Crippen molar-refractivity contribution in [3.63, 3.8) is 0 Å². The first-order valence-electron chi connectivity index (χ1n) is 8.57. The molecule has 28 heavy (non-hydrogen) atoms. The van der Waals surface area contributed by atoms with E-state index in [-0.39, 0.29) is 23.6 Å². The number of carbonyl (C=O) groups excluding carboxylic acids is 1. The molecule has 1 fully saturated rings. The molecule has 1 unspecified atom stereocenters. The summed E-state index contributed by atoms with van der Waals surface area (Å²) in [6.45, 7) is 0. The van der Waals surface area contributed by atoms with Gasteiger partial charge in [-0.3, -0.25) is 19.8 Å². The van der Waals surface area contributed by atoms with E-state index in [0.29, 0.717) is 11.3 Å². The molecule has 1 saturated heterocycles. The van der Waals surface area contributed by atoms with E-state index in [2.05, 4.69) is 0 Å². The molecule has 1 aliphatic heterocycles. The fourth-order valence-electron chi connectivity index (χ4n) is 3.23. The molecular weight excluding hydrogens is 360 g/mol. The molecule has 0 N–H and O–H groups in total. The maximum atomic E-state index is 12.9. The number of nitro groups is 1. The van der Waals surface area contributed by atoms with Gasteiger partial charge in [-0.15, -0.1) is 0 Å². The summed E-state index contributed by atoms with van der Waals surface area (Å²) < 4.78 is 10.4. The molecule has 2 aromatic carbocycles. The van der Waals surface area contributed by atoms with Gasteiger partial charge in [0.25, 0.3) is 5.91 Å². The summed E-state index contributed by atoms with van der Waals surface area (Å²) in [5.74, 6) is 0.428. The van der Waals surface area contributed by atoms with Crippen LogP contribution >= 0.6 is 0 Å². The molecule has 0 aliphatic carbocycles. The quantitative estimate of drug-likeness (QED) is 0.286. The molecule has 3 aromatic rings. The van der Waals surface area contributed by atoms with Crippen molar-refractivity contribution in [1.82, 2.24) is 0 Å². The molecule has 0 bridgehead atoms. The van der Waals surface area contributed by atoms with Gasteiger partial charge in [0, 0.05) is 11.3 Å². The van der Waals surface area contributed by atoms with Crippen molar-refractivity contribution >= 4 is 23.6 Å². The Kier molecular flexibility index (Phi) is 4.41. The van der Waals surface area contributed by atoms with E-state index < -0.39 is 4.92 Å². The van der Waals surface area contributed by atoms with E-state index in [1.807, 2.05) is 42.5 Å². The van der Waals surface area contributed by atoms with Gasteiger partial charge in [0.05, 0.1) is 19.2 Å². The number of benzene rings is 2. The first-order valence-corrected chi connectivity index (χ1v) is 8.57. The smallest absolute Gasteiger partial charge is 0.433 e. The van der Waals surface area contributed by atoms with Crippen LogP contribution in [0.1, 0.15) is 17.4 Å². The normalized spacial score (nSPS) is 17.5. The van der Waals surface area contributed by atoms with Crippen LogP contribution < -0.4 is 9.64 Å². The number of hydrogen-bond donors (Lipinski definition) is 0. The monoisotopic (exact) mass is 376 g/mol. The minimum Gasteiger partial charge on any atom is -0.497 e. The maximum absolute atomic E-state index is 12.9. The van der Waals surface area contributed by atoms with Crippen molar-refractivity contribution in [1.29, 1.82) is 0 Å². The highest BCUT2D eigenvalue weighted by atomic mass is 16.6. The Hall–Kier alpha value is -3.87. The first kappa shape index (κ1) is 17.5. The molecule has 1 aromatic heterocycles. The van der Waals surface area contributed by atoms with Crippen LogP contribution in [-0.4, -0.2) is 17.9 Å². The number of hydrogen-bond acceptors (Lipinski definition) is 5. The summed E-state index contributed by atoms with van der Waals surface area (Å²) in [7, 11) is 1.58. The summed E-state index contributed by atoms with van der Waals surface area (Å²) in [5.41, 5.74) is 2.18. The van der Waals surface area contributed by atoms with Crippen molar-refractivity contribution < 1.29 is 18.9 Å². The molecule has 0 radical (unpaired) electrons. The zero-order chi connectivity index (χ0) is 19.7. The highest BCUT2D eigenvalue weighted by Crippen LogP contribution is 2.44. The fraction of sp³-hybridized carbons (Fsp3) is 0.0952. The number of nitrogens with zero attached hydrogens (tertiary/aromatic N) is 2. The lowest BCUT2D eigenvalue weighted by molar-refractivity contribution is -0.402. The summed E-state index contributed by atoms with van der Waals surface area (Å²) in [6, 6.07) is 19.3. The van der Waals surface area contributed by atoms with Gasteiger partial charge in [0.15, 0.2) is 0 Å². The van der Waals surface area contributed by atoms with Crippen molar-refractivity contribution in [2.75, 3.05) is 12.0 Å². The Bertz CT molecular complexity index is 1050. The summed E-state index contributed by atoms with van der Waals surface area (Å²) in [5, 5.41) is 10.8. The van der Waals surface area contributed by atoms with Crippen LogP contribution in [0.25, 0.3) is 6.08 Å². The van der Waals surface area contributed by atoms with E-state index in [9.17, 15) is 14.9 Å². The maximum Gasteiger partial charge on any atom is 0.433 e. The van der Waals surface area contributed by atoms with Crippen LogP contribution in [0.3, 0.4) is 0 Å². The molecule has 140 valence electrons. The molecule has 4 rings (SSSR count). The Labute approximate surface area is 160 Å². The van der Waals surface area contributed by atoms with Gasteiger partial charge in [-0.25, -0.2) is 0 Å². The third-order valence-corrected chi connectivity index (χ3v) is 4.57. The van der Waals surface area contributed by atoms with Gasteiger partial charge in [-0.1, -0.05) is 30.3 Å². The molecule has 2 heterocycles. The second-order valence-electron chi connectivity index (χ2n) is 6.22. The molecule has 7 nitrogen and oxygen atoms in total. The number of furan rings is 1. The molecule has 0 spiro atoms. The third kappa shape index (κ3) is 3.03. The summed E-state index contributed by atoms with van der Waals surface area (Å²) >= 11 is 0. The number of anilines is 1. The number of ether oxygens (including phenoxy) is 1. The van der Waals surface area contributed by atoms with Crippen LogP contribution in [-0.2, 0) is 4.79 Å². The molecule has 1 aliphatic rings. The van der Waals surface area contributed by atoms with Gasteiger partial charge >= 0.3 is 5.88 Å². The van der Waals surface area contributed by atoms with Gasteiger partial charge < -0.3 is 9.15 Å². The van der Waals surface area contributed by atoms with Crippen molar-refractivity contribution in [3.8, 4) is 5.75 Å². The average molecular weight is 376 g/mol. The average Bonchev–Trinajstić information content (AvgIpc) is 3.20. The number of methoxy groups -OCH3 is 1. The Balaban J connectivity index is 1.73. The Morgan fingerprint density at radius 1 is 1.07 bits per heavy atom. The van der Waals surface area contributed by atoms with Crippen molar-refractivity contribution in [2.24, 2.45) is 0 Å². The molecule has 1 atom stereocenters. The Morgan fingerprint density at radius 3 is 2.39 bits per heavy atom. The van der Waals surface area contributed by atoms with Crippen molar-refractivity contribution in [2.45, 2.75) is 6.04 Å². The SMILES string of the molecule is COc1ccc(N2C(=O)/C(=C\c3ccc([N+](=O)[O-])o3)C2c2ccccc2)cc1. The number of carbonyl (C=O) groups is 1. The van der Waals surface area contributed by atoms with Crippen LogP contribution in [0, 0.1) is 10.1 Å². The van der Waals surface area contributed by atoms with E-state index in [1.54, 1.807) is 30.2 Å².